The van der Waals surface area contributed by atoms with E-state index >= 15 is 0 Å². The van der Waals surface area contributed by atoms with Crippen molar-refractivity contribution in [3.63, 3.8) is 0 Å². The minimum absolute atomic E-state index is 0.576. The summed E-state index contributed by atoms with van der Waals surface area (Å²) >= 11 is 4.02. The number of aromatic amines is 2. The number of H-pyrrole nitrogens is 2. The first-order valence-electron chi connectivity index (χ1n) is 18.4. The number of thioether (sulfide) groups is 2. The van der Waals surface area contributed by atoms with Gasteiger partial charge in [-0.15, -0.1) is 23.5 Å². The first-order chi connectivity index (χ1) is 24.8. The van der Waals surface area contributed by atoms with Gasteiger partial charge in [0.1, 0.15) is 0 Å². The molecule has 0 amide bonds. The molecule has 3 aromatic heterocycles. The largest absolute Gasteiger partial charge is 0.354 e. The van der Waals surface area contributed by atoms with Crippen molar-refractivity contribution in [2.45, 2.75) is 84.5 Å². The van der Waals surface area contributed by atoms with Gasteiger partial charge in [0.25, 0.3) is 0 Å². The molecular formula is C44H42N4S2. The second-order valence-electron chi connectivity index (χ2n) is 13.9. The van der Waals surface area contributed by atoms with Crippen molar-refractivity contribution in [3.05, 3.63) is 108 Å². The predicted octanol–water partition coefficient (Wildman–Crippen LogP) is 12.8. The Balaban J connectivity index is 1.37. The third-order valence-electron chi connectivity index (χ3n) is 10.5. The van der Waals surface area contributed by atoms with Crippen LogP contribution in [0.5, 0.6) is 0 Å². The van der Waals surface area contributed by atoms with E-state index in [1.54, 1.807) is 0 Å². The maximum atomic E-state index is 5.43. The molecule has 0 spiro atoms. The molecule has 50 heavy (non-hydrogen) atoms. The zero-order valence-corrected chi connectivity index (χ0v) is 30.0. The van der Waals surface area contributed by atoms with Crippen molar-refractivity contribution in [2.24, 2.45) is 0 Å². The minimum Gasteiger partial charge on any atom is -0.354 e. The van der Waals surface area contributed by atoms with Crippen molar-refractivity contribution in [1.29, 1.82) is 0 Å². The lowest BCUT2D eigenvalue weighted by molar-refractivity contribution is 0.516. The van der Waals surface area contributed by atoms with Gasteiger partial charge in [0, 0.05) is 32.7 Å². The molecule has 2 aliphatic heterocycles. The van der Waals surface area contributed by atoms with E-state index < -0.39 is 0 Å². The van der Waals surface area contributed by atoms with Crippen LogP contribution in [0.2, 0.25) is 0 Å². The van der Waals surface area contributed by atoms with Crippen LogP contribution in [0, 0.1) is 0 Å². The van der Waals surface area contributed by atoms with E-state index in [1.807, 2.05) is 23.5 Å². The second-order valence-corrected chi connectivity index (χ2v) is 16.5. The summed E-state index contributed by atoms with van der Waals surface area (Å²) in [6.45, 7) is 0. The lowest BCUT2D eigenvalue weighted by Crippen LogP contribution is -2.08. The first kappa shape index (κ1) is 31.7. The predicted molar refractivity (Wildman–Crippen MR) is 215 cm³/mol. The zero-order chi connectivity index (χ0) is 33.3. The van der Waals surface area contributed by atoms with E-state index in [-0.39, 0.29) is 0 Å². The number of nitrogens with one attached hydrogen (secondary N) is 2. The molecule has 0 unspecified atom stereocenters. The summed E-state index contributed by atoms with van der Waals surface area (Å²) in [5, 5.41) is 1.18. The molecule has 2 N–H and O–H groups in total. The fourth-order valence-electron chi connectivity index (χ4n) is 7.92. The zero-order valence-electron chi connectivity index (χ0n) is 28.3. The summed E-state index contributed by atoms with van der Waals surface area (Å²) < 4.78 is 0. The third kappa shape index (κ3) is 6.40. The first-order valence-corrected chi connectivity index (χ1v) is 20.1. The SMILES string of the molecule is C1=Cc2nc1c(SC1CCCCC1)c1nc(c(-c3ccccc3)c3ccc([nH]3)c(SC3CCCCC3)c3ccc([nH]3)c2-c2ccccc2)C=C1. The number of hydrogen-bond acceptors (Lipinski definition) is 4. The van der Waals surface area contributed by atoms with Crippen LogP contribution in [0.4, 0.5) is 0 Å². The van der Waals surface area contributed by atoms with Crippen LogP contribution in [0.25, 0.3) is 68.6 Å². The van der Waals surface area contributed by atoms with Gasteiger partial charge in [0.15, 0.2) is 0 Å². The molecule has 250 valence electrons. The Morgan fingerprint density at radius 1 is 0.420 bits per heavy atom. The number of aromatic nitrogens is 4. The molecule has 0 saturated heterocycles. The topological polar surface area (TPSA) is 57.4 Å². The third-order valence-corrected chi connectivity index (χ3v) is 13.4. The molecule has 2 aliphatic carbocycles. The molecule has 5 aromatic rings. The van der Waals surface area contributed by atoms with E-state index in [1.165, 1.54) is 74.0 Å². The molecule has 0 atom stereocenters. The summed E-state index contributed by atoms with van der Waals surface area (Å²) in [4.78, 5) is 21.1. The van der Waals surface area contributed by atoms with Crippen molar-refractivity contribution in [2.75, 3.05) is 0 Å². The molecule has 0 radical (unpaired) electrons. The van der Waals surface area contributed by atoms with E-state index in [9.17, 15) is 0 Å². The Morgan fingerprint density at radius 3 is 1.28 bits per heavy atom. The van der Waals surface area contributed by atoms with E-state index in [4.69, 9.17) is 9.97 Å². The van der Waals surface area contributed by atoms with Crippen molar-refractivity contribution < 1.29 is 0 Å². The molecule has 9 rings (SSSR count). The highest BCUT2D eigenvalue weighted by Crippen LogP contribution is 2.42. The Kier molecular flexibility index (Phi) is 8.98. The van der Waals surface area contributed by atoms with Crippen LogP contribution in [0.1, 0.15) is 87.0 Å². The summed E-state index contributed by atoms with van der Waals surface area (Å²) in [6.07, 6.45) is 21.7. The number of benzene rings is 2. The lowest BCUT2D eigenvalue weighted by atomic mass is 10.0. The Bertz CT molecular complexity index is 2100. The van der Waals surface area contributed by atoms with Gasteiger partial charge < -0.3 is 9.97 Å². The molecule has 6 heteroatoms. The van der Waals surface area contributed by atoms with Gasteiger partial charge in [0.05, 0.1) is 43.6 Å². The van der Waals surface area contributed by atoms with Gasteiger partial charge >= 0.3 is 0 Å². The fraction of sp³-hybridized carbons (Fsp3) is 0.273. The van der Waals surface area contributed by atoms with Crippen LogP contribution in [-0.2, 0) is 0 Å². The highest BCUT2D eigenvalue weighted by molar-refractivity contribution is 8.00. The maximum Gasteiger partial charge on any atom is 0.0795 e. The highest BCUT2D eigenvalue weighted by atomic mass is 32.2. The van der Waals surface area contributed by atoms with Crippen LogP contribution < -0.4 is 0 Å². The number of nitrogens with zero attached hydrogens (tertiary/aromatic N) is 2. The van der Waals surface area contributed by atoms with Crippen molar-refractivity contribution in [1.82, 2.24) is 19.9 Å². The molecule has 5 heterocycles. The summed E-state index contributed by atoms with van der Waals surface area (Å²) in [6, 6.07) is 30.5. The molecule has 4 nitrogen and oxygen atoms in total. The molecule has 4 aliphatic rings. The monoisotopic (exact) mass is 690 g/mol. The van der Waals surface area contributed by atoms with Crippen molar-refractivity contribution >= 4 is 69.9 Å². The average Bonchev–Trinajstić information content (AvgIpc) is 4.01. The number of hydrogen-bond donors (Lipinski definition) is 2. The Hall–Kier alpha value is -4.26. The molecule has 2 aromatic carbocycles. The number of rotatable bonds is 6. The van der Waals surface area contributed by atoms with E-state index in [0.29, 0.717) is 10.5 Å². The van der Waals surface area contributed by atoms with Gasteiger partial charge in [-0.05, 0) is 85.4 Å². The van der Waals surface area contributed by atoms with Gasteiger partial charge in [-0.3, -0.25) is 0 Å². The van der Waals surface area contributed by atoms with Crippen LogP contribution >= 0.6 is 23.5 Å². The molecule has 2 fully saturated rings. The van der Waals surface area contributed by atoms with E-state index in [2.05, 4.69) is 119 Å². The Morgan fingerprint density at radius 2 is 0.820 bits per heavy atom. The fourth-order valence-corrected chi connectivity index (χ4v) is 10.7. The average molecular weight is 691 g/mol. The minimum atomic E-state index is 0.576. The van der Waals surface area contributed by atoms with Gasteiger partial charge in [-0.25, -0.2) is 9.97 Å². The second kappa shape index (κ2) is 14.2. The Labute approximate surface area is 303 Å². The lowest BCUT2D eigenvalue weighted by Gasteiger charge is -2.21. The molecular weight excluding hydrogens is 649 g/mol. The summed E-state index contributed by atoms with van der Waals surface area (Å²) in [5.74, 6) is 0. The quantitative estimate of drug-likeness (QED) is 0.182. The molecule has 2 saturated carbocycles. The van der Waals surface area contributed by atoms with Crippen molar-refractivity contribution in [3.8, 4) is 22.3 Å². The van der Waals surface area contributed by atoms with Gasteiger partial charge in [-0.2, -0.15) is 0 Å². The number of fused-ring (bicyclic) bond motifs is 8. The van der Waals surface area contributed by atoms with Gasteiger partial charge in [0.2, 0.25) is 0 Å². The van der Waals surface area contributed by atoms with Crippen LogP contribution in [0.15, 0.2) is 94.7 Å². The van der Waals surface area contributed by atoms with Crippen LogP contribution in [0.3, 0.4) is 0 Å². The highest BCUT2D eigenvalue weighted by Gasteiger charge is 2.23. The normalized spacial score (nSPS) is 16.6. The smallest absolute Gasteiger partial charge is 0.0795 e. The maximum absolute atomic E-state index is 5.43. The summed E-state index contributed by atoms with van der Waals surface area (Å²) in [5.41, 5.74) is 13.0. The van der Waals surface area contributed by atoms with Crippen LogP contribution in [-0.4, -0.2) is 30.4 Å². The standard InChI is InChI=1S/C44H42N4S2/c1-5-13-29(14-6-1)41-33-21-25-37(45-33)43(49-31-17-9-3-10-18-31)39-27-23-35(47-39)42(30-15-7-2-8-16-30)36-24-28-40(48-36)44(38-26-22-34(41)46-38)50-32-19-11-4-12-20-32/h1-2,5-8,13-16,21-28,31-32,45,47H,3-4,9-12,17-20H2. The molecule has 8 bridgehead atoms. The summed E-state index contributed by atoms with van der Waals surface area (Å²) in [7, 11) is 0. The van der Waals surface area contributed by atoms with E-state index in [0.717, 1.165) is 67.1 Å². The van der Waals surface area contributed by atoms with Gasteiger partial charge in [-0.1, -0.05) is 99.2 Å².